The number of nitrogens with one attached hydrogen (secondary N) is 2. The molecule has 1 heterocycles. The summed E-state index contributed by atoms with van der Waals surface area (Å²) in [5.74, 6) is 0.187. The number of primary amides is 1. The molecule has 1 aliphatic rings. The van der Waals surface area contributed by atoms with E-state index in [1.54, 1.807) is 0 Å². The highest BCUT2D eigenvalue weighted by molar-refractivity contribution is 5.75. The lowest BCUT2D eigenvalue weighted by Gasteiger charge is -2.25. The highest BCUT2D eigenvalue weighted by Crippen LogP contribution is 2.19. The van der Waals surface area contributed by atoms with Gasteiger partial charge in [-0.3, -0.25) is 4.79 Å². The summed E-state index contributed by atoms with van der Waals surface area (Å²) >= 11 is 0. The first-order valence-electron chi connectivity index (χ1n) is 6.22. The van der Waals surface area contributed by atoms with Gasteiger partial charge in [-0.1, -0.05) is 6.07 Å². The molecule has 1 atom stereocenters. The van der Waals surface area contributed by atoms with Gasteiger partial charge in [-0.05, 0) is 31.5 Å². The summed E-state index contributed by atoms with van der Waals surface area (Å²) in [6.07, 6.45) is 2.36. The molecule has 4 N–H and O–H groups in total. The van der Waals surface area contributed by atoms with E-state index >= 15 is 0 Å². The molecule has 18 heavy (non-hydrogen) atoms. The zero-order chi connectivity index (χ0) is 12.8. The van der Waals surface area contributed by atoms with Crippen LogP contribution in [-0.4, -0.2) is 31.6 Å². The maximum absolute atomic E-state index is 10.6. The molecular weight excluding hydrogens is 230 g/mol. The van der Waals surface area contributed by atoms with Crippen LogP contribution in [0, 0.1) is 0 Å². The van der Waals surface area contributed by atoms with Crippen LogP contribution in [0.15, 0.2) is 24.3 Å². The predicted octanol–water partition coefficient (Wildman–Crippen LogP) is 0.715. The minimum atomic E-state index is -0.468. The Morgan fingerprint density at radius 3 is 3.17 bits per heavy atom. The number of benzene rings is 1. The molecule has 1 amide bonds. The van der Waals surface area contributed by atoms with Crippen molar-refractivity contribution in [1.82, 2.24) is 5.32 Å². The average molecular weight is 249 g/mol. The Morgan fingerprint density at radius 2 is 2.44 bits per heavy atom. The third-order valence-electron chi connectivity index (χ3n) is 2.88. The predicted molar refractivity (Wildman–Crippen MR) is 70.6 cm³/mol. The highest BCUT2D eigenvalue weighted by Gasteiger charge is 2.12. The fourth-order valence-electron chi connectivity index (χ4n) is 2.04. The maximum atomic E-state index is 10.6. The average Bonchev–Trinajstić information content (AvgIpc) is 2.38. The molecule has 0 radical (unpaired) electrons. The standard InChI is InChI=1S/C13H19N3O2/c14-13(17)9-18-12-5-1-3-10(7-12)16-11-4-2-6-15-8-11/h1,3,5,7,11,15-16H,2,4,6,8-9H2,(H2,14,17). The second kappa shape index (κ2) is 6.26. The van der Waals surface area contributed by atoms with Gasteiger partial charge >= 0.3 is 0 Å². The lowest BCUT2D eigenvalue weighted by molar-refractivity contribution is -0.119. The molecule has 5 heteroatoms. The van der Waals surface area contributed by atoms with Gasteiger partial charge in [-0.15, -0.1) is 0 Å². The smallest absolute Gasteiger partial charge is 0.255 e. The summed E-state index contributed by atoms with van der Waals surface area (Å²) in [7, 11) is 0. The van der Waals surface area contributed by atoms with Crippen LogP contribution in [0.25, 0.3) is 0 Å². The van der Waals surface area contributed by atoms with E-state index in [-0.39, 0.29) is 6.61 Å². The van der Waals surface area contributed by atoms with Gasteiger partial charge in [-0.2, -0.15) is 0 Å². The summed E-state index contributed by atoms with van der Waals surface area (Å²) in [5.41, 5.74) is 6.05. The first kappa shape index (κ1) is 12.7. The molecule has 0 spiro atoms. The van der Waals surface area contributed by atoms with Crippen molar-refractivity contribution in [3.8, 4) is 5.75 Å². The highest BCUT2D eigenvalue weighted by atomic mass is 16.5. The van der Waals surface area contributed by atoms with E-state index in [2.05, 4.69) is 10.6 Å². The number of anilines is 1. The Labute approximate surface area is 107 Å². The SMILES string of the molecule is NC(=O)COc1cccc(NC2CCCNC2)c1. The minimum Gasteiger partial charge on any atom is -0.484 e. The van der Waals surface area contributed by atoms with E-state index in [0.29, 0.717) is 11.8 Å². The monoisotopic (exact) mass is 249 g/mol. The molecule has 1 unspecified atom stereocenters. The van der Waals surface area contributed by atoms with Gasteiger partial charge in [0.1, 0.15) is 5.75 Å². The molecule has 1 saturated heterocycles. The molecule has 2 rings (SSSR count). The van der Waals surface area contributed by atoms with Crippen molar-refractivity contribution in [2.45, 2.75) is 18.9 Å². The number of hydrogen-bond acceptors (Lipinski definition) is 4. The van der Waals surface area contributed by atoms with Crippen LogP contribution in [0.4, 0.5) is 5.69 Å². The fraction of sp³-hybridized carbons (Fsp3) is 0.462. The number of nitrogens with two attached hydrogens (primary N) is 1. The summed E-state index contributed by atoms with van der Waals surface area (Å²) in [4.78, 5) is 10.6. The fourth-order valence-corrected chi connectivity index (χ4v) is 2.04. The number of ether oxygens (including phenoxy) is 1. The van der Waals surface area contributed by atoms with Gasteiger partial charge in [0.2, 0.25) is 0 Å². The number of piperidine rings is 1. The van der Waals surface area contributed by atoms with Gasteiger partial charge < -0.3 is 21.1 Å². The van der Waals surface area contributed by atoms with Gasteiger partial charge in [0, 0.05) is 24.3 Å². The van der Waals surface area contributed by atoms with Crippen molar-refractivity contribution in [1.29, 1.82) is 0 Å². The molecule has 1 fully saturated rings. The van der Waals surface area contributed by atoms with Crippen molar-refractivity contribution >= 4 is 11.6 Å². The van der Waals surface area contributed by atoms with Crippen molar-refractivity contribution in [2.24, 2.45) is 5.73 Å². The van der Waals surface area contributed by atoms with Crippen LogP contribution in [0.2, 0.25) is 0 Å². The normalized spacial score (nSPS) is 19.2. The van der Waals surface area contributed by atoms with Crippen molar-refractivity contribution < 1.29 is 9.53 Å². The largest absolute Gasteiger partial charge is 0.484 e. The van der Waals surface area contributed by atoms with Crippen molar-refractivity contribution in [2.75, 3.05) is 25.0 Å². The van der Waals surface area contributed by atoms with Gasteiger partial charge in [0.05, 0.1) is 0 Å². The summed E-state index contributed by atoms with van der Waals surface area (Å²) in [6, 6.07) is 8.04. The van der Waals surface area contributed by atoms with Crippen molar-refractivity contribution in [3.05, 3.63) is 24.3 Å². The molecule has 1 aromatic rings. The molecule has 0 bridgehead atoms. The lowest BCUT2D eigenvalue weighted by Crippen LogP contribution is -2.38. The van der Waals surface area contributed by atoms with Crippen LogP contribution in [0.5, 0.6) is 5.75 Å². The van der Waals surface area contributed by atoms with Crippen LogP contribution in [-0.2, 0) is 4.79 Å². The molecule has 1 aliphatic heterocycles. The molecule has 1 aromatic carbocycles. The summed E-state index contributed by atoms with van der Waals surface area (Å²) < 4.78 is 5.27. The second-order valence-corrected chi connectivity index (χ2v) is 4.47. The van der Waals surface area contributed by atoms with E-state index in [1.165, 1.54) is 12.8 Å². The van der Waals surface area contributed by atoms with Gasteiger partial charge in [0.15, 0.2) is 6.61 Å². The molecular formula is C13H19N3O2. The lowest BCUT2D eigenvalue weighted by atomic mass is 10.1. The van der Waals surface area contributed by atoms with Crippen LogP contribution in [0.1, 0.15) is 12.8 Å². The van der Waals surface area contributed by atoms with Crippen molar-refractivity contribution in [3.63, 3.8) is 0 Å². The quantitative estimate of drug-likeness (QED) is 0.718. The molecule has 0 aliphatic carbocycles. The van der Waals surface area contributed by atoms with E-state index in [1.807, 2.05) is 24.3 Å². The number of rotatable bonds is 5. The summed E-state index contributed by atoms with van der Waals surface area (Å²) in [6.45, 7) is 1.99. The Bertz CT molecular complexity index is 403. The molecule has 5 nitrogen and oxygen atoms in total. The first-order valence-corrected chi connectivity index (χ1v) is 6.22. The van der Waals surface area contributed by atoms with E-state index in [4.69, 9.17) is 10.5 Å². The number of amides is 1. The van der Waals surface area contributed by atoms with Crippen LogP contribution < -0.4 is 21.1 Å². The van der Waals surface area contributed by atoms with E-state index in [0.717, 1.165) is 18.8 Å². The Hall–Kier alpha value is -1.75. The van der Waals surface area contributed by atoms with Gasteiger partial charge in [0.25, 0.3) is 5.91 Å². The Morgan fingerprint density at radius 1 is 1.56 bits per heavy atom. The van der Waals surface area contributed by atoms with Crippen LogP contribution in [0.3, 0.4) is 0 Å². The van der Waals surface area contributed by atoms with Gasteiger partial charge in [-0.25, -0.2) is 0 Å². The van der Waals surface area contributed by atoms with E-state index in [9.17, 15) is 4.79 Å². The minimum absolute atomic E-state index is 0.0889. The number of hydrogen-bond donors (Lipinski definition) is 3. The Balaban J connectivity index is 1.91. The Kier molecular flexibility index (Phi) is 4.41. The first-order chi connectivity index (χ1) is 8.74. The number of carbonyl (C=O) groups is 1. The summed E-state index contributed by atoms with van der Waals surface area (Å²) in [5, 5.41) is 6.81. The zero-order valence-corrected chi connectivity index (χ0v) is 10.3. The zero-order valence-electron chi connectivity index (χ0n) is 10.3. The molecule has 0 saturated carbocycles. The molecule has 98 valence electrons. The number of carbonyl (C=O) groups excluding carboxylic acids is 1. The third-order valence-corrected chi connectivity index (χ3v) is 2.88. The molecule has 0 aromatic heterocycles. The topological polar surface area (TPSA) is 76.4 Å². The third kappa shape index (κ3) is 3.92. The van der Waals surface area contributed by atoms with E-state index < -0.39 is 5.91 Å². The van der Waals surface area contributed by atoms with Crippen LogP contribution >= 0.6 is 0 Å². The maximum Gasteiger partial charge on any atom is 0.255 e. The second-order valence-electron chi connectivity index (χ2n) is 4.47.